The Morgan fingerprint density at radius 3 is 2.24 bits per heavy atom. The number of allylic oxidation sites excluding steroid dienone is 6. The molecule has 18 nitrogen and oxygen atoms in total. The van der Waals surface area contributed by atoms with E-state index in [9.17, 15) is 47.7 Å². The van der Waals surface area contributed by atoms with Gasteiger partial charge in [0.1, 0.15) is 30.1 Å². The molecule has 1 saturated carbocycles. The molecule has 2 saturated heterocycles. The maximum absolute atomic E-state index is 14.6. The third-order valence-electron chi connectivity index (χ3n) is 15.9. The molecule has 76 heavy (non-hydrogen) atoms. The molecule has 1 aliphatic carbocycles. The summed E-state index contributed by atoms with van der Waals surface area (Å²) in [5.41, 5.74) is 1.06. The summed E-state index contributed by atoms with van der Waals surface area (Å²) in [7, 11) is 0.879. The first kappa shape index (κ1) is 65.0. The van der Waals surface area contributed by atoms with E-state index in [2.05, 4.69) is 0 Å². The Morgan fingerprint density at radius 2 is 1.55 bits per heavy atom. The van der Waals surface area contributed by atoms with Crippen LogP contribution in [0.5, 0.6) is 0 Å². The summed E-state index contributed by atoms with van der Waals surface area (Å²) in [5, 5.41) is 33.1. The quantitative estimate of drug-likeness (QED) is 0.102. The van der Waals surface area contributed by atoms with Crippen molar-refractivity contribution < 1.29 is 80.9 Å². The number of nitrogens with zero attached hydrogens (tertiary/aromatic N) is 1. The van der Waals surface area contributed by atoms with Crippen LogP contribution in [-0.2, 0) is 67.0 Å². The number of carbonyl (C=O) groups is 5. The van der Waals surface area contributed by atoms with Gasteiger partial charge >= 0.3 is 5.97 Å². The van der Waals surface area contributed by atoms with Crippen molar-refractivity contribution in [3.8, 4) is 0 Å². The molecule has 3 heterocycles. The predicted octanol–water partition coefficient (Wildman–Crippen LogP) is 5.63. The van der Waals surface area contributed by atoms with Crippen LogP contribution in [-0.4, -0.2) is 178 Å². The first-order chi connectivity index (χ1) is 36.0. The highest BCUT2D eigenvalue weighted by molar-refractivity contribution is 7.91. The number of methoxy groups -OCH3 is 3. The monoisotopic (exact) mass is 1090 g/mol. The highest BCUT2D eigenvalue weighted by atomic mass is 32.2. The minimum Gasteiger partial charge on any atom is -0.460 e. The van der Waals surface area contributed by atoms with Gasteiger partial charge in [0.2, 0.25) is 5.79 Å². The summed E-state index contributed by atoms with van der Waals surface area (Å²) >= 11 is 0. The van der Waals surface area contributed by atoms with Gasteiger partial charge in [0.05, 0.1) is 62.3 Å². The van der Waals surface area contributed by atoms with E-state index in [0.29, 0.717) is 62.5 Å². The highest BCUT2D eigenvalue weighted by Crippen LogP contribution is 2.38. The standard InChI is InChI=1S/C57H91NO17S/c1-36-16-12-11-13-17-37(2)48(73-27-29-76(67,68)28-26-69-8)34-44-21-19-42(7)57(66,75-44)54(63)55(64)58-23-15-14-18-45(58)56(65)74-49(39(4)32-43-20-22-47(72-25-24-59)50(33-43)70-9)35-46(60)38(3)31-41(6)52(62)53(71-10)51(61)40(5)30-36/h11-13,16-17,31,36,38-40,42-45,47-50,52-53,59,62,66H,14-15,18-30,32-35H2,1-10H3/b13-11+,16-12+,37-17+,41-31+/t36-,38-,39-,40-,42-,43+,44+,45+,47-,48?,49+,50-,52+,53+,57-/m1/s1. The third kappa shape index (κ3) is 18.8. The van der Waals surface area contributed by atoms with Crippen molar-refractivity contribution in [3.63, 3.8) is 0 Å². The van der Waals surface area contributed by atoms with Crippen molar-refractivity contribution >= 4 is 39.1 Å². The Morgan fingerprint density at radius 1 is 0.829 bits per heavy atom. The average Bonchev–Trinajstić information content (AvgIpc) is 3.39. The second kappa shape index (κ2) is 31.3. The molecule has 3 aliphatic heterocycles. The number of fused-ring (bicyclic) bond motifs is 3. The van der Waals surface area contributed by atoms with E-state index in [0.717, 1.165) is 11.3 Å². The van der Waals surface area contributed by atoms with E-state index in [1.165, 1.54) is 14.2 Å². The lowest BCUT2D eigenvalue weighted by atomic mass is 9.78. The molecule has 3 fully saturated rings. The van der Waals surface area contributed by atoms with Crippen molar-refractivity contribution in [2.45, 2.75) is 180 Å². The molecule has 1 amide bonds. The third-order valence-corrected chi connectivity index (χ3v) is 17.5. The molecular formula is C57H91NO17S. The van der Waals surface area contributed by atoms with E-state index in [-0.39, 0.29) is 105 Å². The van der Waals surface area contributed by atoms with Crippen LogP contribution in [0.4, 0.5) is 0 Å². The van der Waals surface area contributed by atoms with Crippen LogP contribution in [0, 0.1) is 35.5 Å². The first-order valence-electron chi connectivity index (χ1n) is 27.5. The number of cyclic esters (lactones) is 1. The van der Waals surface area contributed by atoms with Gasteiger partial charge in [0, 0.05) is 58.5 Å². The Labute approximate surface area is 452 Å². The normalized spacial score (nSPS) is 36.5. The molecule has 4 rings (SSSR count). The molecule has 432 valence electrons. The van der Waals surface area contributed by atoms with Gasteiger partial charge in [-0.15, -0.1) is 0 Å². The first-order valence-corrected chi connectivity index (χ1v) is 29.3. The van der Waals surface area contributed by atoms with Gasteiger partial charge in [0.15, 0.2) is 15.6 Å². The number of hydrogen-bond acceptors (Lipinski definition) is 17. The van der Waals surface area contributed by atoms with Gasteiger partial charge in [-0.05, 0) is 107 Å². The lowest BCUT2D eigenvalue weighted by Gasteiger charge is -2.43. The average molecular weight is 1090 g/mol. The van der Waals surface area contributed by atoms with Crippen LogP contribution in [0.2, 0.25) is 0 Å². The molecule has 0 aromatic heterocycles. The topological polar surface area (TPSA) is 248 Å². The van der Waals surface area contributed by atoms with E-state index in [1.807, 2.05) is 45.1 Å². The van der Waals surface area contributed by atoms with Gasteiger partial charge in [-0.3, -0.25) is 19.2 Å². The molecule has 3 N–H and O–H groups in total. The number of rotatable bonds is 15. The summed E-state index contributed by atoms with van der Waals surface area (Å²) in [6.45, 7) is 12.4. The van der Waals surface area contributed by atoms with Gasteiger partial charge in [-0.25, -0.2) is 13.2 Å². The molecule has 0 aromatic carbocycles. The van der Waals surface area contributed by atoms with Crippen molar-refractivity contribution in [3.05, 3.63) is 47.6 Å². The largest absolute Gasteiger partial charge is 0.460 e. The van der Waals surface area contributed by atoms with Crippen LogP contribution in [0.3, 0.4) is 0 Å². The Kier molecular flexibility index (Phi) is 26.8. The molecule has 15 atom stereocenters. The van der Waals surface area contributed by atoms with E-state index < -0.39 is 87.6 Å². The minimum atomic E-state index is -3.51. The van der Waals surface area contributed by atoms with E-state index in [4.69, 9.17) is 33.2 Å². The molecule has 0 spiro atoms. The zero-order valence-electron chi connectivity index (χ0n) is 46.9. The number of ether oxygens (including phenoxy) is 7. The summed E-state index contributed by atoms with van der Waals surface area (Å²) in [4.78, 5) is 72.8. The van der Waals surface area contributed by atoms with Gasteiger partial charge < -0.3 is 53.4 Å². The van der Waals surface area contributed by atoms with Crippen LogP contribution in [0.25, 0.3) is 0 Å². The molecule has 4 aliphatic rings. The zero-order chi connectivity index (χ0) is 56.3. The Hall–Kier alpha value is -3.50. The smallest absolute Gasteiger partial charge is 0.329 e. The Balaban J connectivity index is 1.72. The number of aliphatic hydroxyl groups is 3. The summed E-state index contributed by atoms with van der Waals surface area (Å²) in [6.07, 6.45) is 10.1. The number of sulfone groups is 1. The van der Waals surface area contributed by atoms with Crippen molar-refractivity contribution in [1.29, 1.82) is 0 Å². The molecule has 1 unspecified atom stereocenters. The number of amides is 1. The maximum atomic E-state index is 14.6. The number of carbonyl (C=O) groups excluding carboxylic acids is 5. The molecule has 19 heteroatoms. The number of aliphatic hydroxyl groups excluding tert-OH is 2. The SMILES string of the molecule is COCCS(=O)(=O)CCOC1C[C@@H]2CC[C@@H](C)[C@@](O)(O2)C(=O)C(=O)N2CCCC[C@H]2C(=O)O[C@H]([C@H](C)C[C@@H]2CC[C@@H](OCCO)[C@H](OC)C2)CC(=O)[C@H](C)/C=C(\C)[C@H](O)[C@@H](OC)C(=O)[C@H](C)C[C@H](C)/C=C/C=C/C=C/1C. The van der Waals surface area contributed by atoms with Crippen LogP contribution in [0.15, 0.2) is 47.6 Å². The second-order valence-electron chi connectivity index (χ2n) is 21.9. The fourth-order valence-electron chi connectivity index (χ4n) is 11.0. The molecular weight excluding hydrogens is 1000 g/mol. The van der Waals surface area contributed by atoms with Gasteiger partial charge in [-0.2, -0.15) is 0 Å². The fraction of sp³-hybridized carbons (Fsp3) is 0.772. The molecule has 0 aromatic rings. The van der Waals surface area contributed by atoms with Gasteiger partial charge in [0.25, 0.3) is 11.7 Å². The number of hydrogen-bond donors (Lipinski definition) is 3. The second-order valence-corrected chi connectivity index (χ2v) is 24.2. The summed E-state index contributed by atoms with van der Waals surface area (Å²) < 4.78 is 66.5. The lowest BCUT2D eigenvalue weighted by molar-refractivity contribution is -0.266. The van der Waals surface area contributed by atoms with E-state index >= 15 is 0 Å². The van der Waals surface area contributed by atoms with Crippen LogP contribution in [0.1, 0.15) is 126 Å². The van der Waals surface area contributed by atoms with Crippen molar-refractivity contribution in [1.82, 2.24) is 4.90 Å². The number of esters is 1. The summed E-state index contributed by atoms with van der Waals surface area (Å²) in [5.74, 6) is -9.15. The highest BCUT2D eigenvalue weighted by Gasteiger charge is 2.53. The van der Waals surface area contributed by atoms with Gasteiger partial charge in [-0.1, -0.05) is 71.1 Å². The van der Waals surface area contributed by atoms with Crippen LogP contribution < -0.4 is 0 Å². The Bertz CT molecular complexity index is 2140. The fourth-order valence-corrected chi connectivity index (χ4v) is 12.0. The number of piperidine rings is 1. The van der Waals surface area contributed by atoms with Crippen LogP contribution >= 0.6 is 0 Å². The minimum absolute atomic E-state index is 0.0272. The molecule has 0 radical (unpaired) electrons. The van der Waals surface area contributed by atoms with E-state index in [1.54, 1.807) is 47.0 Å². The number of Topliss-reactive ketones (excluding diaryl/α,β-unsaturated/α-hetero) is 3. The number of ketones is 3. The van der Waals surface area contributed by atoms with Crippen molar-refractivity contribution in [2.24, 2.45) is 35.5 Å². The maximum Gasteiger partial charge on any atom is 0.329 e. The zero-order valence-corrected chi connectivity index (χ0v) is 47.7. The predicted molar refractivity (Wildman–Crippen MR) is 285 cm³/mol. The van der Waals surface area contributed by atoms with Crippen molar-refractivity contribution in [2.75, 3.05) is 65.8 Å². The summed E-state index contributed by atoms with van der Waals surface area (Å²) in [6, 6.07) is -1.21. The lowest BCUT2D eigenvalue weighted by Crippen LogP contribution is -2.61. The molecule has 2 bridgehead atoms.